The highest BCUT2D eigenvalue weighted by Crippen LogP contribution is 2.26. The summed E-state index contributed by atoms with van der Waals surface area (Å²) in [5, 5.41) is 2.93. The van der Waals surface area contributed by atoms with Crippen LogP contribution >= 0.6 is 0 Å². The average molecular weight is 422 g/mol. The first kappa shape index (κ1) is 21.2. The lowest BCUT2D eigenvalue weighted by Gasteiger charge is -2.38. The van der Waals surface area contributed by atoms with Crippen molar-refractivity contribution in [3.8, 4) is 0 Å². The van der Waals surface area contributed by atoms with E-state index >= 15 is 0 Å². The molecule has 0 atom stereocenters. The Hall–Kier alpha value is -3.09. The summed E-state index contributed by atoms with van der Waals surface area (Å²) in [7, 11) is 0. The zero-order chi connectivity index (χ0) is 21.8. The maximum Gasteiger partial charge on any atom is 0.322 e. The number of nitrogens with zero attached hydrogens (tertiary/aromatic N) is 4. The Balaban J connectivity index is 1.30. The number of amides is 3. The monoisotopic (exact) mass is 421 g/mol. The number of carbonyl (C=O) groups excluding carboxylic acids is 2. The van der Waals surface area contributed by atoms with E-state index in [2.05, 4.69) is 15.2 Å². The van der Waals surface area contributed by atoms with E-state index in [1.165, 1.54) is 12.8 Å². The number of hydrogen-bond donors (Lipinski definition) is 1. The van der Waals surface area contributed by atoms with Gasteiger partial charge in [0.05, 0.1) is 17.3 Å². The summed E-state index contributed by atoms with van der Waals surface area (Å²) in [6, 6.07) is 13.6. The van der Waals surface area contributed by atoms with E-state index < -0.39 is 5.41 Å². The SMILES string of the molecule is CC(C)(C(=O)N1CCN(C(=O)Nc2ccc(N3CCCC3)nc2)CC1)c1ccccc1. The number of urea groups is 1. The molecule has 1 aromatic carbocycles. The molecule has 7 nitrogen and oxygen atoms in total. The first-order chi connectivity index (χ1) is 14.9. The van der Waals surface area contributed by atoms with Gasteiger partial charge in [-0.25, -0.2) is 9.78 Å². The van der Waals surface area contributed by atoms with Gasteiger partial charge < -0.3 is 20.0 Å². The van der Waals surface area contributed by atoms with Gasteiger partial charge in [0.2, 0.25) is 5.91 Å². The van der Waals surface area contributed by atoms with E-state index in [-0.39, 0.29) is 11.9 Å². The Labute approximate surface area is 184 Å². The smallest absolute Gasteiger partial charge is 0.322 e. The van der Waals surface area contributed by atoms with Crippen LogP contribution in [-0.2, 0) is 10.2 Å². The quantitative estimate of drug-likeness (QED) is 0.822. The number of pyridine rings is 1. The minimum Gasteiger partial charge on any atom is -0.357 e. The van der Waals surface area contributed by atoms with E-state index in [0.29, 0.717) is 31.9 Å². The van der Waals surface area contributed by atoms with Crippen LogP contribution in [0, 0.1) is 0 Å². The summed E-state index contributed by atoms with van der Waals surface area (Å²) < 4.78 is 0. The minimum absolute atomic E-state index is 0.0976. The van der Waals surface area contributed by atoms with Gasteiger partial charge in [-0.15, -0.1) is 0 Å². The molecule has 0 unspecified atom stereocenters. The molecule has 2 aliphatic rings. The summed E-state index contributed by atoms with van der Waals surface area (Å²) in [5.74, 6) is 1.06. The van der Waals surface area contributed by atoms with Crippen LogP contribution in [0.1, 0.15) is 32.3 Å². The lowest BCUT2D eigenvalue weighted by molar-refractivity contribution is -0.137. The maximum absolute atomic E-state index is 13.1. The van der Waals surface area contributed by atoms with Crippen molar-refractivity contribution in [2.45, 2.75) is 32.1 Å². The van der Waals surface area contributed by atoms with Crippen LogP contribution in [0.4, 0.5) is 16.3 Å². The summed E-state index contributed by atoms with van der Waals surface area (Å²) in [5.41, 5.74) is 1.11. The largest absolute Gasteiger partial charge is 0.357 e. The second-order valence-corrected chi connectivity index (χ2v) is 8.80. The van der Waals surface area contributed by atoms with Gasteiger partial charge in [0, 0.05) is 39.3 Å². The molecule has 3 amide bonds. The number of hydrogen-bond acceptors (Lipinski definition) is 4. The molecule has 1 aromatic heterocycles. The Morgan fingerprint density at radius 2 is 1.52 bits per heavy atom. The third kappa shape index (κ3) is 4.65. The molecule has 164 valence electrons. The molecule has 2 fully saturated rings. The lowest BCUT2D eigenvalue weighted by atomic mass is 9.83. The fraction of sp³-hybridized carbons (Fsp3) is 0.458. The first-order valence-corrected chi connectivity index (χ1v) is 11.1. The second-order valence-electron chi connectivity index (χ2n) is 8.80. The van der Waals surface area contributed by atoms with Crippen LogP contribution in [0.2, 0.25) is 0 Å². The number of piperazine rings is 1. The molecule has 3 heterocycles. The van der Waals surface area contributed by atoms with E-state index in [9.17, 15) is 9.59 Å². The van der Waals surface area contributed by atoms with Crippen molar-refractivity contribution < 1.29 is 9.59 Å². The van der Waals surface area contributed by atoms with Crippen molar-refractivity contribution in [3.63, 3.8) is 0 Å². The molecule has 1 N–H and O–H groups in total. The number of carbonyl (C=O) groups is 2. The summed E-state index contributed by atoms with van der Waals surface area (Å²) >= 11 is 0. The van der Waals surface area contributed by atoms with Gasteiger partial charge in [0.15, 0.2) is 0 Å². The van der Waals surface area contributed by atoms with Crippen molar-refractivity contribution in [2.75, 3.05) is 49.5 Å². The molecule has 2 saturated heterocycles. The highest BCUT2D eigenvalue weighted by atomic mass is 16.2. The molecule has 2 aliphatic heterocycles. The Morgan fingerprint density at radius 3 is 2.13 bits per heavy atom. The van der Waals surface area contributed by atoms with Gasteiger partial charge in [-0.2, -0.15) is 0 Å². The molecule has 0 bridgehead atoms. The van der Waals surface area contributed by atoms with Crippen molar-refractivity contribution >= 4 is 23.4 Å². The van der Waals surface area contributed by atoms with Gasteiger partial charge in [-0.3, -0.25) is 4.79 Å². The maximum atomic E-state index is 13.1. The van der Waals surface area contributed by atoms with Gasteiger partial charge in [0.25, 0.3) is 0 Å². The Kier molecular flexibility index (Phi) is 6.11. The summed E-state index contributed by atoms with van der Waals surface area (Å²) in [4.78, 5) is 36.2. The van der Waals surface area contributed by atoms with Crippen molar-refractivity contribution in [1.29, 1.82) is 0 Å². The van der Waals surface area contributed by atoms with E-state index in [1.807, 2.05) is 61.2 Å². The van der Waals surface area contributed by atoms with E-state index in [4.69, 9.17) is 0 Å². The summed E-state index contributed by atoms with van der Waals surface area (Å²) in [6.07, 6.45) is 4.13. The zero-order valence-electron chi connectivity index (χ0n) is 18.4. The highest BCUT2D eigenvalue weighted by Gasteiger charge is 2.35. The molecule has 31 heavy (non-hydrogen) atoms. The van der Waals surface area contributed by atoms with Crippen LogP contribution in [0.15, 0.2) is 48.7 Å². The van der Waals surface area contributed by atoms with Crippen LogP contribution in [0.25, 0.3) is 0 Å². The number of aromatic nitrogens is 1. The molecule has 2 aromatic rings. The normalized spacial score (nSPS) is 17.0. The Morgan fingerprint density at radius 1 is 0.871 bits per heavy atom. The zero-order valence-corrected chi connectivity index (χ0v) is 18.4. The second kappa shape index (κ2) is 8.96. The highest BCUT2D eigenvalue weighted by molar-refractivity contribution is 5.90. The van der Waals surface area contributed by atoms with Crippen LogP contribution in [0.3, 0.4) is 0 Å². The third-order valence-electron chi connectivity index (χ3n) is 6.31. The molecule has 0 saturated carbocycles. The van der Waals surface area contributed by atoms with Gasteiger partial charge in [0.1, 0.15) is 5.82 Å². The van der Waals surface area contributed by atoms with Gasteiger partial charge in [-0.1, -0.05) is 30.3 Å². The van der Waals surface area contributed by atoms with Gasteiger partial charge >= 0.3 is 6.03 Å². The van der Waals surface area contributed by atoms with Crippen LogP contribution in [0.5, 0.6) is 0 Å². The molecular weight excluding hydrogens is 390 g/mol. The third-order valence-corrected chi connectivity index (χ3v) is 6.31. The predicted molar refractivity (Wildman–Crippen MR) is 122 cm³/mol. The standard InChI is InChI=1S/C24H31N5O2/c1-24(2,19-8-4-3-5-9-19)22(30)28-14-16-29(17-15-28)23(31)26-20-10-11-21(25-18-20)27-12-6-7-13-27/h3-5,8-11,18H,6-7,12-17H2,1-2H3,(H,26,31). The van der Waals surface area contributed by atoms with Gasteiger partial charge in [-0.05, 0) is 44.4 Å². The molecule has 0 radical (unpaired) electrons. The first-order valence-electron chi connectivity index (χ1n) is 11.1. The van der Waals surface area contributed by atoms with Crippen LogP contribution < -0.4 is 10.2 Å². The topological polar surface area (TPSA) is 68.8 Å². The predicted octanol–water partition coefficient (Wildman–Crippen LogP) is 3.34. The lowest BCUT2D eigenvalue weighted by Crippen LogP contribution is -2.55. The molecule has 0 aliphatic carbocycles. The number of benzene rings is 1. The van der Waals surface area contributed by atoms with Crippen molar-refractivity contribution in [1.82, 2.24) is 14.8 Å². The van der Waals surface area contributed by atoms with Crippen molar-refractivity contribution in [2.24, 2.45) is 0 Å². The number of nitrogens with one attached hydrogen (secondary N) is 1. The average Bonchev–Trinajstić information content (AvgIpc) is 3.35. The molecular formula is C24H31N5O2. The van der Waals surface area contributed by atoms with Crippen molar-refractivity contribution in [3.05, 3.63) is 54.2 Å². The van der Waals surface area contributed by atoms with E-state index in [0.717, 1.165) is 24.5 Å². The summed E-state index contributed by atoms with van der Waals surface area (Å²) in [6.45, 7) is 8.11. The number of anilines is 2. The Bertz CT molecular complexity index is 899. The van der Waals surface area contributed by atoms with Crippen LogP contribution in [-0.4, -0.2) is 66.0 Å². The minimum atomic E-state index is -0.589. The van der Waals surface area contributed by atoms with E-state index in [1.54, 1.807) is 11.1 Å². The molecule has 7 heteroatoms. The molecule has 0 spiro atoms. The number of rotatable bonds is 4. The fourth-order valence-corrected chi connectivity index (χ4v) is 4.28. The molecule has 4 rings (SSSR count). The fourth-order valence-electron chi connectivity index (χ4n) is 4.28.